The molecule has 7 heteroatoms. The fourth-order valence-electron chi connectivity index (χ4n) is 2.00. The Balaban J connectivity index is 1.98. The molecule has 0 radical (unpaired) electrons. The quantitative estimate of drug-likeness (QED) is 0.674. The first-order valence-corrected chi connectivity index (χ1v) is 7.20. The summed E-state index contributed by atoms with van der Waals surface area (Å²) in [5, 5.41) is 5.70. The monoisotopic (exact) mass is 311 g/mol. The lowest BCUT2D eigenvalue weighted by molar-refractivity contribution is -0.120. The molecule has 1 saturated heterocycles. The Labute approximate surface area is 128 Å². The van der Waals surface area contributed by atoms with Gasteiger partial charge in [0.25, 0.3) is 5.91 Å². The van der Waals surface area contributed by atoms with Gasteiger partial charge in [-0.15, -0.1) is 0 Å². The Bertz CT molecular complexity index is 536. The highest BCUT2D eigenvalue weighted by Gasteiger charge is 2.26. The molecule has 0 saturated carbocycles. The first kappa shape index (κ1) is 15.6. The number of carbonyl (C=O) groups is 2. The van der Waals surface area contributed by atoms with Crippen LogP contribution in [0.2, 0.25) is 5.02 Å². The van der Waals surface area contributed by atoms with E-state index in [1.54, 1.807) is 12.1 Å². The van der Waals surface area contributed by atoms with Crippen LogP contribution >= 0.6 is 11.6 Å². The standard InChI is InChI=1S/C14H18ClN3O3/c15-10-8-9(2-3-12(10)21-7-1-5-16)13(19)18-11-4-6-17-14(11)20/h2-3,8,11H,1,4-7,16H2,(H,17,20)(H,18,19)/t11-/m0/s1. The SMILES string of the molecule is NCCCOc1ccc(C(=O)N[C@H]2CCNC2=O)cc1Cl. The van der Waals surface area contributed by atoms with Gasteiger partial charge in [0, 0.05) is 12.1 Å². The molecule has 1 aliphatic rings. The molecule has 4 N–H and O–H groups in total. The van der Waals surface area contributed by atoms with Crippen molar-refractivity contribution in [2.24, 2.45) is 5.73 Å². The van der Waals surface area contributed by atoms with Gasteiger partial charge in [0.05, 0.1) is 11.6 Å². The van der Waals surface area contributed by atoms with Crippen molar-refractivity contribution in [3.05, 3.63) is 28.8 Å². The molecule has 0 bridgehead atoms. The van der Waals surface area contributed by atoms with Crippen molar-refractivity contribution in [3.8, 4) is 5.75 Å². The number of ether oxygens (including phenoxy) is 1. The van der Waals surface area contributed by atoms with Crippen molar-refractivity contribution in [3.63, 3.8) is 0 Å². The summed E-state index contributed by atoms with van der Waals surface area (Å²) in [5.41, 5.74) is 5.78. The molecule has 0 spiro atoms. The van der Waals surface area contributed by atoms with Crippen LogP contribution in [-0.4, -0.2) is 37.6 Å². The van der Waals surface area contributed by atoms with Gasteiger partial charge >= 0.3 is 0 Å². The zero-order valence-corrected chi connectivity index (χ0v) is 12.3. The van der Waals surface area contributed by atoms with Gasteiger partial charge < -0.3 is 21.1 Å². The highest BCUT2D eigenvalue weighted by Crippen LogP contribution is 2.25. The van der Waals surface area contributed by atoms with Gasteiger partial charge in [-0.05, 0) is 37.6 Å². The summed E-state index contributed by atoms with van der Waals surface area (Å²) in [6, 6.07) is 4.31. The highest BCUT2D eigenvalue weighted by atomic mass is 35.5. The zero-order valence-electron chi connectivity index (χ0n) is 11.5. The average molecular weight is 312 g/mol. The maximum Gasteiger partial charge on any atom is 0.251 e. The number of hydrogen-bond acceptors (Lipinski definition) is 4. The molecule has 1 aromatic rings. The van der Waals surface area contributed by atoms with Crippen LogP contribution in [0.15, 0.2) is 18.2 Å². The van der Waals surface area contributed by atoms with Crippen LogP contribution < -0.4 is 21.1 Å². The first-order valence-electron chi connectivity index (χ1n) is 6.83. The summed E-state index contributed by atoms with van der Waals surface area (Å²) < 4.78 is 5.45. The Morgan fingerprint density at radius 2 is 2.33 bits per heavy atom. The lowest BCUT2D eigenvalue weighted by Crippen LogP contribution is -2.40. The van der Waals surface area contributed by atoms with E-state index in [4.69, 9.17) is 22.1 Å². The van der Waals surface area contributed by atoms with E-state index in [1.807, 2.05) is 0 Å². The van der Waals surface area contributed by atoms with E-state index in [-0.39, 0.29) is 11.8 Å². The highest BCUT2D eigenvalue weighted by molar-refractivity contribution is 6.32. The summed E-state index contributed by atoms with van der Waals surface area (Å²) in [7, 11) is 0. The second-order valence-corrected chi connectivity index (χ2v) is 5.15. The molecule has 2 amide bonds. The molecular weight excluding hydrogens is 294 g/mol. The van der Waals surface area contributed by atoms with Gasteiger partial charge in [-0.2, -0.15) is 0 Å². The van der Waals surface area contributed by atoms with Gasteiger partial charge in [-0.25, -0.2) is 0 Å². The predicted octanol–water partition coefficient (Wildman–Crippen LogP) is 0.686. The van der Waals surface area contributed by atoms with Gasteiger partial charge in [0.2, 0.25) is 5.91 Å². The van der Waals surface area contributed by atoms with Crippen molar-refractivity contribution < 1.29 is 14.3 Å². The molecule has 6 nitrogen and oxygen atoms in total. The van der Waals surface area contributed by atoms with Crippen LogP contribution in [0, 0.1) is 0 Å². The van der Waals surface area contributed by atoms with E-state index in [0.29, 0.717) is 42.5 Å². The summed E-state index contributed by atoms with van der Waals surface area (Å²) in [4.78, 5) is 23.5. The average Bonchev–Trinajstić information content (AvgIpc) is 2.86. The number of nitrogens with two attached hydrogens (primary N) is 1. The van der Waals surface area contributed by atoms with E-state index < -0.39 is 6.04 Å². The Morgan fingerprint density at radius 3 is 2.95 bits per heavy atom. The van der Waals surface area contributed by atoms with Crippen LogP contribution in [0.3, 0.4) is 0 Å². The van der Waals surface area contributed by atoms with E-state index in [1.165, 1.54) is 6.07 Å². The van der Waals surface area contributed by atoms with Crippen molar-refractivity contribution >= 4 is 23.4 Å². The molecule has 0 aliphatic carbocycles. The van der Waals surface area contributed by atoms with Crippen molar-refractivity contribution in [2.45, 2.75) is 18.9 Å². The molecule has 1 atom stereocenters. The lowest BCUT2D eigenvalue weighted by atomic mass is 10.1. The van der Waals surface area contributed by atoms with Crippen molar-refractivity contribution in [1.29, 1.82) is 0 Å². The van der Waals surface area contributed by atoms with E-state index >= 15 is 0 Å². The zero-order chi connectivity index (χ0) is 15.2. The molecule has 0 aromatic heterocycles. The minimum absolute atomic E-state index is 0.156. The molecule has 21 heavy (non-hydrogen) atoms. The Morgan fingerprint density at radius 1 is 1.52 bits per heavy atom. The summed E-state index contributed by atoms with van der Waals surface area (Å²) in [6.45, 7) is 1.60. The number of nitrogens with one attached hydrogen (secondary N) is 2. The fourth-order valence-corrected chi connectivity index (χ4v) is 2.23. The van der Waals surface area contributed by atoms with Crippen LogP contribution in [0.25, 0.3) is 0 Å². The van der Waals surface area contributed by atoms with Crippen molar-refractivity contribution in [2.75, 3.05) is 19.7 Å². The molecule has 0 unspecified atom stereocenters. The third-order valence-corrected chi connectivity index (χ3v) is 3.45. The topological polar surface area (TPSA) is 93.4 Å². The smallest absolute Gasteiger partial charge is 0.251 e. The van der Waals surface area contributed by atoms with Gasteiger partial charge in [0.1, 0.15) is 11.8 Å². The number of carbonyl (C=O) groups excluding carboxylic acids is 2. The summed E-state index contributed by atoms with van der Waals surface area (Å²) in [5.74, 6) is 0.0314. The third kappa shape index (κ3) is 4.09. The third-order valence-electron chi connectivity index (χ3n) is 3.15. The van der Waals surface area contributed by atoms with Crippen LogP contribution in [-0.2, 0) is 4.79 Å². The normalized spacial score (nSPS) is 17.4. The maximum absolute atomic E-state index is 12.1. The van der Waals surface area contributed by atoms with Crippen LogP contribution in [0.1, 0.15) is 23.2 Å². The molecule has 2 rings (SSSR count). The molecule has 1 aromatic carbocycles. The first-order chi connectivity index (χ1) is 10.1. The largest absolute Gasteiger partial charge is 0.492 e. The molecule has 1 aliphatic heterocycles. The number of hydrogen-bond donors (Lipinski definition) is 3. The maximum atomic E-state index is 12.1. The molecule has 114 valence electrons. The van der Waals surface area contributed by atoms with Gasteiger partial charge in [-0.3, -0.25) is 9.59 Å². The number of benzene rings is 1. The number of rotatable bonds is 6. The molecular formula is C14H18ClN3O3. The minimum Gasteiger partial charge on any atom is -0.492 e. The number of halogens is 1. The Hall–Kier alpha value is -1.79. The van der Waals surface area contributed by atoms with Crippen LogP contribution in [0.4, 0.5) is 0 Å². The Kier molecular flexibility index (Phi) is 5.41. The summed E-state index contributed by atoms with van der Waals surface area (Å²) in [6.07, 6.45) is 1.33. The van der Waals surface area contributed by atoms with E-state index in [2.05, 4.69) is 10.6 Å². The van der Waals surface area contributed by atoms with Crippen LogP contribution in [0.5, 0.6) is 5.75 Å². The molecule has 1 fully saturated rings. The van der Waals surface area contributed by atoms with Gasteiger partial charge in [0.15, 0.2) is 0 Å². The summed E-state index contributed by atoms with van der Waals surface area (Å²) >= 11 is 6.08. The van der Waals surface area contributed by atoms with E-state index in [9.17, 15) is 9.59 Å². The lowest BCUT2D eigenvalue weighted by Gasteiger charge is -2.12. The van der Waals surface area contributed by atoms with E-state index in [0.717, 1.165) is 6.42 Å². The number of amides is 2. The van der Waals surface area contributed by atoms with Gasteiger partial charge in [-0.1, -0.05) is 11.6 Å². The second-order valence-electron chi connectivity index (χ2n) is 4.74. The minimum atomic E-state index is -0.475. The second kappa shape index (κ2) is 7.28. The van der Waals surface area contributed by atoms with Crippen molar-refractivity contribution in [1.82, 2.24) is 10.6 Å². The molecule has 1 heterocycles. The fraction of sp³-hybridized carbons (Fsp3) is 0.429. The predicted molar refractivity (Wildman–Crippen MR) is 79.5 cm³/mol.